The van der Waals surface area contributed by atoms with Crippen LogP contribution >= 0.6 is 15.6 Å². The van der Waals surface area contributed by atoms with E-state index in [0.717, 1.165) is 167 Å². The van der Waals surface area contributed by atoms with Gasteiger partial charge in [-0.25, -0.2) is 9.13 Å². The molecule has 5 unspecified atom stereocenters. The van der Waals surface area contributed by atoms with Crippen molar-refractivity contribution in [1.29, 1.82) is 0 Å². The van der Waals surface area contributed by atoms with Gasteiger partial charge in [0.05, 0.1) is 32.8 Å². The van der Waals surface area contributed by atoms with Crippen LogP contribution in [0.25, 0.3) is 0 Å². The number of carbonyl (C=O) groups excluding carboxylic acids is 4. The van der Waals surface area contributed by atoms with Gasteiger partial charge in [-0.1, -0.05) is 303 Å². The molecule has 17 nitrogen and oxygen atoms in total. The Morgan fingerprint density at radius 3 is 0.873 bits per heavy atom. The van der Waals surface area contributed by atoms with Crippen LogP contribution in [-0.2, 0) is 65.4 Å². The molecule has 3 N–H and O–H groups in total. The topological polar surface area (TPSA) is 237 Å². The molecule has 0 aromatic rings. The van der Waals surface area contributed by atoms with E-state index in [0.29, 0.717) is 25.7 Å². The van der Waals surface area contributed by atoms with E-state index in [2.05, 4.69) is 137 Å². The number of ether oxygens (including phenoxy) is 4. The maximum atomic E-state index is 13.1. The molecule has 0 aromatic carbocycles. The first-order chi connectivity index (χ1) is 49.7. The second-order valence-electron chi connectivity index (χ2n) is 25.9. The number of unbranched alkanes of at least 4 members (excludes halogenated alkanes) is 26. The number of aliphatic hydroxyl groups excluding tert-OH is 1. The molecule has 0 bridgehead atoms. The van der Waals surface area contributed by atoms with E-state index in [-0.39, 0.29) is 25.7 Å². The molecule has 0 rings (SSSR count). The Morgan fingerprint density at radius 1 is 0.294 bits per heavy atom. The first-order valence-corrected chi connectivity index (χ1v) is 42.4. The molecule has 0 aliphatic rings. The molecule has 0 aliphatic heterocycles. The number of carbonyl (C=O) groups is 4. The predicted molar refractivity (Wildman–Crippen MR) is 418 cm³/mol. The standard InChI is InChI=1S/C83H140O17P2/c1-5-9-13-17-21-25-29-33-37-38-42-44-48-52-56-60-64-68-81(86)94-74-79(100-83(88)70-66-62-58-54-50-46-41-36-32-28-24-20-16-12-8-4)76-98-102(91,92)96-72-77(84)71-95-101(89,90)97-75-78(99-82(87)69-65-61-57-53-49-45-40-35-31-27-23-19-15-11-7-3)73-93-80(85)67-63-59-55-51-47-43-39-34-30-26-22-18-14-10-6-2/h9-10,12-14,16,21-22,24-26,28,33-34,36-37,39,41,50,54,62,66,77-79,84H,5-8,11,15,17-20,23,27,29-32,35,38,40,42-49,51-53,55-61,63-65,67-76H2,1-4H3,(H,89,90)(H,91,92)/b13-9-,14-10-,16-12-,25-21-,26-22-,28-24-,37-33-,39-34-,41-36-,54-50-,66-62-. The lowest BCUT2D eigenvalue weighted by molar-refractivity contribution is -0.161. The van der Waals surface area contributed by atoms with Gasteiger partial charge in [-0.3, -0.25) is 37.3 Å². The Bertz CT molecular complexity index is 2460. The number of hydrogen-bond donors (Lipinski definition) is 3. The Kier molecular flexibility index (Phi) is 71.0. The summed E-state index contributed by atoms with van der Waals surface area (Å²) in [5.41, 5.74) is 0. The normalized spacial score (nSPS) is 14.6. The van der Waals surface area contributed by atoms with Gasteiger partial charge in [-0.15, -0.1) is 0 Å². The van der Waals surface area contributed by atoms with Crippen LogP contribution < -0.4 is 0 Å². The van der Waals surface area contributed by atoms with Gasteiger partial charge in [0.1, 0.15) is 19.3 Å². The predicted octanol–water partition coefficient (Wildman–Crippen LogP) is 22.9. The van der Waals surface area contributed by atoms with E-state index in [9.17, 15) is 43.2 Å². The zero-order chi connectivity index (χ0) is 74.6. The summed E-state index contributed by atoms with van der Waals surface area (Å²) in [5, 5.41) is 10.6. The third-order valence-corrected chi connectivity index (χ3v) is 18.1. The number of phosphoric acid groups is 2. The minimum absolute atomic E-state index is 0.0895. The number of esters is 4. The summed E-state index contributed by atoms with van der Waals surface area (Å²) in [5.74, 6) is -2.35. The second kappa shape index (κ2) is 74.5. The van der Waals surface area contributed by atoms with Crippen molar-refractivity contribution >= 4 is 39.5 Å². The third-order valence-electron chi connectivity index (χ3n) is 16.2. The summed E-state index contributed by atoms with van der Waals surface area (Å²) in [4.78, 5) is 72.9. The Balaban J connectivity index is 5.43. The number of aliphatic hydroxyl groups is 1. The lowest BCUT2D eigenvalue weighted by Crippen LogP contribution is -2.30. The van der Waals surface area contributed by atoms with Gasteiger partial charge in [0, 0.05) is 19.3 Å². The highest BCUT2D eigenvalue weighted by Gasteiger charge is 2.30. The molecule has 0 aromatic heterocycles. The van der Waals surface area contributed by atoms with Crippen LogP contribution in [0.4, 0.5) is 0 Å². The molecule has 0 saturated carbocycles. The lowest BCUT2D eigenvalue weighted by atomic mass is 10.0. The van der Waals surface area contributed by atoms with Gasteiger partial charge >= 0.3 is 39.5 Å². The number of allylic oxidation sites excluding steroid dienone is 21. The van der Waals surface area contributed by atoms with Gasteiger partial charge in [0.15, 0.2) is 12.2 Å². The van der Waals surface area contributed by atoms with Crippen molar-refractivity contribution in [2.45, 2.75) is 329 Å². The highest BCUT2D eigenvalue weighted by atomic mass is 31.2. The van der Waals surface area contributed by atoms with Gasteiger partial charge in [0.2, 0.25) is 0 Å². The third kappa shape index (κ3) is 73.5. The molecule has 102 heavy (non-hydrogen) atoms. The van der Waals surface area contributed by atoms with E-state index < -0.39 is 97.5 Å². The van der Waals surface area contributed by atoms with Gasteiger partial charge < -0.3 is 33.8 Å². The number of rotatable bonds is 73. The molecular weight excluding hydrogens is 1330 g/mol. The summed E-state index contributed by atoms with van der Waals surface area (Å²) in [7, 11) is -9.99. The lowest BCUT2D eigenvalue weighted by Gasteiger charge is -2.21. The van der Waals surface area contributed by atoms with Crippen LogP contribution in [0, 0.1) is 0 Å². The van der Waals surface area contributed by atoms with Crippen LogP contribution in [0.3, 0.4) is 0 Å². The van der Waals surface area contributed by atoms with E-state index in [1.165, 1.54) is 64.2 Å². The maximum absolute atomic E-state index is 13.1. The average Bonchev–Trinajstić information content (AvgIpc) is 0.919. The second-order valence-corrected chi connectivity index (χ2v) is 28.8. The molecule has 0 amide bonds. The van der Waals surface area contributed by atoms with Crippen molar-refractivity contribution in [2.75, 3.05) is 39.6 Å². The molecule has 5 atom stereocenters. The molecule has 0 heterocycles. The maximum Gasteiger partial charge on any atom is 0.472 e. The zero-order valence-electron chi connectivity index (χ0n) is 63.7. The van der Waals surface area contributed by atoms with E-state index in [4.69, 9.17) is 37.0 Å². The smallest absolute Gasteiger partial charge is 0.462 e. The summed E-state index contributed by atoms with van der Waals surface area (Å²) in [6.45, 7) is 4.41. The number of hydrogen-bond acceptors (Lipinski definition) is 15. The van der Waals surface area contributed by atoms with Crippen LogP contribution in [0.1, 0.15) is 310 Å². The molecule has 0 saturated heterocycles. The number of phosphoric ester groups is 2. The van der Waals surface area contributed by atoms with Crippen molar-refractivity contribution in [1.82, 2.24) is 0 Å². The SMILES string of the molecule is CC/C=C\C/C=C\C/C=C\C/C=C\C/C=C\CC(=O)OC(COC(=O)CCCCCCCCC/C=C\C/C=C\C/C=C\CC)COP(=O)(O)OCC(O)COP(=O)(O)OCC(COC(=O)CCCCCCC/C=C\C/C=C\C/C=C\CC)OC(=O)CCCCCCCCCCCCCCCCC. The van der Waals surface area contributed by atoms with Crippen molar-refractivity contribution in [3.63, 3.8) is 0 Å². The van der Waals surface area contributed by atoms with E-state index in [1.54, 1.807) is 12.2 Å². The Morgan fingerprint density at radius 2 is 0.549 bits per heavy atom. The minimum atomic E-state index is -5.01. The highest BCUT2D eigenvalue weighted by Crippen LogP contribution is 2.45. The largest absolute Gasteiger partial charge is 0.472 e. The Hall–Kier alpha value is -4.80. The van der Waals surface area contributed by atoms with Gasteiger partial charge in [-0.05, 0) is 116 Å². The zero-order valence-corrected chi connectivity index (χ0v) is 65.5. The average molecular weight is 1470 g/mol. The van der Waals surface area contributed by atoms with Gasteiger partial charge in [-0.2, -0.15) is 0 Å². The first-order valence-electron chi connectivity index (χ1n) is 39.4. The summed E-state index contributed by atoms with van der Waals surface area (Å²) in [6.07, 6.45) is 83.2. The molecular formula is C83H140O17P2. The van der Waals surface area contributed by atoms with Crippen molar-refractivity contribution in [3.8, 4) is 0 Å². The van der Waals surface area contributed by atoms with Crippen molar-refractivity contribution < 1.29 is 80.2 Å². The quantitative estimate of drug-likeness (QED) is 0.0169. The van der Waals surface area contributed by atoms with Gasteiger partial charge in [0.25, 0.3) is 0 Å². The van der Waals surface area contributed by atoms with E-state index in [1.807, 2.05) is 12.2 Å². The van der Waals surface area contributed by atoms with Crippen LogP contribution in [-0.4, -0.2) is 96.7 Å². The van der Waals surface area contributed by atoms with Crippen LogP contribution in [0.5, 0.6) is 0 Å². The highest BCUT2D eigenvalue weighted by molar-refractivity contribution is 7.47. The van der Waals surface area contributed by atoms with Crippen molar-refractivity contribution in [2.24, 2.45) is 0 Å². The fourth-order valence-electron chi connectivity index (χ4n) is 10.3. The van der Waals surface area contributed by atoms with Crippen LogP contribution in [0.2, 0.25) is 0 Å². The molecule has 584 valence electrons. The summed E-state index contributed by atoms with van der Waals surface area (Å²) >= 11 is 0. The fourth-order valence-corrected chi connectivity index (χ4v) is 11.8. The molecule has 19 heteroatoms. The minimum Gasteiger partial charge on any atom is -0.462 e. The molecule has 0 fully saturated rings. The summed E-state index contributed by atoms with van der Waals surface area (Å²) < 4.78 is 68.4. The molecule has 0 radical (unpaired) electrons. The van der Waals surface area contributed by atoms with Crippen LogP contribution in [0.15, 0.2) is 134 Å². The summed E-state index contributed by atoms with van der Waals surface area (Å²) in [6, 6.07) is 0. The Labute approximate surface area is 618 Å². The van der Waals surface area contributed by atoms with E-state index >= 15 is 0 Å². The molecule has 0 aliphatic carbocycles. The fraction of sp³-hybridized carbons (Fsp3) is 0.687. The first kappa shape index (κ1) is 97.2. The molecule has 0 spiro atoms. The van der Waals surface area contributed by atoms with Crippen molar-refractivity contribution in [3.05, 3.63) is 134 Å². The monoisotopic (exact) mass is 1470 g/mol.